The van der Waals surface area contributed by atoms with Crippen LogP contribution in [0.2, 0.25) is 0 Å². The fourth-order valence-corrected chi connectivity index (χ4v) is 1.67. The lowest BCUT2D eigenvalue weighted by Gasteiger charge is -2.02. The summed E-state index contributed by atoms with van der Waals surface area (Å²) in [5.41, 5.74) is 1.36. The van der Waals surface area contributed by atoms with Crippen LogP contribution >= 0.6 is 0 Å². The van der Waals surface area contributed by atoms with Crippen LogP contribution in [0.3, 0.4) is 0 Å². The Morgan fingerprint density at radius 2 is 1.83 bits per heavy atom. The monoisotopic (exact) mass is 241 g/mol. The Hall–Kier alpha value is -2.62. The first-order chi connectivity index (χ1) is 8.72. The lowest BCUT2D eigenvalue weighted by atomic mass is 10.0. The molecule has 0 saturated heterocycles. The van der Waals surface area contributed by atoms with E-state index >= 15 is 0 Å². The van der Waals surface area contributed by atoms with Crippen LogP contribution in [0.5, 0.6) is 5.75 Å². The average Bonchev–Trinajstić information content (AvgIpc) is 2.54. The molecule has 0 aliphatic carbocycles. The van der Waals surface area contributed by atoms with Crippen LogP contribution in [0.25, 0.3) is 11.1 Å². The molecule has 2 N–H and O–H groups in total. The second-order valence-electron chi connectivity index (χ2n) is 3.71. The zero-order valence-corrected chi connectivity index (χ0v) is 9.45. The fraction of sp³-hybridized carbons (Fsp3) is 0. The van der Waals surface area contributed by atoms with Crippen molar-refractivity contribution < 1.29 is 10.3 Å². The largest absolute Gasteiger partial charge is 0.504 e. The molecule has 4 heteroatoms. The van der Waals surface area contributed by atoms with Gasteiger partial charge in [0, 0.05) is 5.56 Å². The third-order valence-corrected chi connectivity index (χ3v) is 2.51. The van der Waals surface area contributed by atoms with Crippen molar-refractivity contribution in [3.8, 4) is 16.9 Å². The quantitative estimate of drug-likeness (QED) is 0.481. The zero-order valence-electron chi connectivity index (χ0n) is 9.45. The van der Waals surface area contributed by atoms with Crippen molar-refractivity contribution in [2.24, 2.45) is 5.16 Å². The van der Waals surface area contributed by atoms with Crippen molar-refractivity contribution in [3.05, 3.63) is 64.3 Å². The summed E-state index contributed by atoms with van der Waals surface area (Å²) in [4.78, 5) is 11.5. The van der Waals surface area contributed by atoms with Crippen LogP contribution in [-0.2, 0) is 0 Å². The first-order valence-electron chi connectivity index (χ1n) is 5.32. The second kappa shape index (κ2) is 5.14. The van der Waals surface area contributed by atoms with E-state index in [1.165, 1.54) is 12.3 Å². The summed E-state index contributed by atoms with van der Waals surface area (Å²) in [5, 5.41) is 21.3. The fourth-order valence-electron chi connectivity index (χ4n) is 1.67. The van der Waals surface area contributed by atoms with Gasteiger partial charge in [0.15, 0.2) is 5.75 Å². The van der Waals surface area contributed by atoms with Gasteiger partial charge in [-0.05, 0) is 23.3 Å². The number of rotatable bonds is 2. The predicted octanol–water partition coefficient (Wildman–Crippen LogP) is 2.23. The van der Waals surface area contributed by atoms with E-state index in [0.717, 1.165) is 0 Å². The molecule has 0 fully saturated rings. The molecule has 2 aromatic carbocycles. The summed E-state index contributed by atoms with van der Waals surface area (Å²) in [7, 11) is 0. The Bertz CT molecular complexity index is 651. The number of hydrogen-bond donors (Lipinski definition) is 2. The summed E-state index contributed by atoms with van der Waals surface area (Å²) in [5.74, 6) is -0.293. The van der Waals surface area contributed by atoms with Crippen LogP contribution in [0.1, 0.15) is 5.56 Å². The van der Waals surface area contributed by atoms with Gasteiger partial charge in [-0.25, -0.2) is 0 Å². The number of oxime groups is 1. The van der Waals surface area contributed by atoms with Crippen molar-refractivity contribution in [3.63, 3.8) is 0 Å². The van der Waals surface area contributed by atoms with E-state index in [9.17, 15) is 9.90 Å². The molecule has 0 aromatic heterocycles. The van der Waals surface area contributed by atoms with Crippen LogP contribution in [0.4, 0.5) is 0 Å². The lowest BCUT2D eigenvalue weighted by molar-refractivity contribution is 0.322. The Morgan fingerprint density at radius 3 is 2.61 bits per heavy atom. The molecule has 0 spiro atoms. The van der Waals surface area contributed by atoms with Gasteiger partial charge in [0.1, 0.15) is 0 Å². The van der Waals surface area contributed by atoms with Crippen LogP contribution in [-0.4, -0.2) is 16.5 Å². The van der Waals surface area contributed by atoms with Crippen molar-refractivity contribution >= 4 is 6.21 Å². The highest BCUT2D eigenvalue weighted by Crippen LogP contribution is 2.25. The van der Waals surface area contributed by atoms with E-state index in [1.54, 1.807) is 42.5 Å². The lowest BCUT2D eigenvalue weighted by Crippen LogP contribution is -1.94. The molecule has 90 valence electrons. The van der Waals surface area contributed by atoms with Gasteiger partial charge in [-0.3, -0.25) is 4.79 Å². The van der Waals surface area contributed by atoms with Crippen LogP contribution < -0.4 is 5.43 Å². The van der Waals surface area contributed by atoms with Crippen LogP contribution in [0, 0.1) is 0 Å². The highest BCUT2D eigenvalue weighted by molar-refractivity contribution is 5.82. The molecule has 4 nitrogen and oxygen atoms in total. The zero-order chi connectivity index (χ0) is 13.0. The first-order valence-corrected chi connectivity index (χ1v) is 5.32. The maximum absolute atomic E-state index is 11.5. The molecule has 0 unspecified atom stereocenters. The minimum Gasteiger partial charge on any atom is -0.504 e. The number of hydrogen-bond acceptors (Lipinski definition) is 4. The maximum atomic E-state index is 11.5. The highest BCUT2D eigenvalue weighted by atomic mass is 16.4. The molecular weight excluding hydrogens is 230 g/mol. The minimum absolute atomic E-state index is 0.293. The molecule has 0 radical (unpaired) electrons. The van der Waals surface area contributed by atoms with Gasteiger partial charge >= 0.3 is 0 Å². The molecule has 18 heavy (non-hydrogen) atoms. The second-order valence-corrected chi connectivity index (χ2v) is 3.71. The van der Waals surface area contributed by atoms with Gasteiger partial charge in [-0.2, -0.15) is 0 Å². The van der Waals surface area contributed by atoms with Gasteiger partial charge in [-0.15, -0.1) is 0 Å². The van der Waals surface area contributed by atoms with Crippen molar-refractivity contribution in [1.29, 1.82) is 0 Å². The van der Waals surface area contributed by atoms with Gasteiger partial charge in [0.05, 0.1) is 6.21 Å². The molecule has 0 aliphatic rings. The van der Waals surface area contributed by atoms with E-state index in [4.69, 9.17) is 5.21 Å². The SMILES string of the molecule is O=c1ccccc(-c2cccc(/C=N/O)c2)c1O. The third kappa shape index (κ3) is 2.38. The van der Waals surface area contributed by atoms with E-state index in [2.05, 4.69) is 5.16 Å². The van der Waals surface area contributed by atoms with E-state index in [1.807, 2.05) is 0 Å². The van der Waals surface area contributed by atoms with Gasteiger partial charge in [0.25, 0.3) is 0 Å². The average molecular weight is 241 g/mol. The molecule has 2 rings (SSSR count). The molecule has 0 saturated carbocycles. The summed E-state index contributed by atoms with van der Waals surface area (Å²) in [6.07, 6.45) is 1.28. The standard InChI is InChI=1S/C14H11NO3/c16-13-7-2-1-6-12(14(13)17)11-5-3-4-10(8-11)9-15-18/h1-9,18H,(H,16,17)/b15-9+. The van der Waals surface area contributed by atoms with E-state index in [-0.39, 0.29) is 5.75 Å². The summed E-state index contributed by atoms with van der Waals surface area (Å²) in [6, 6.07) is 13.2. The number of nitrogens with zero attached hydrogens (tertiary/aromatic N) is 1. The Kier molecular flexibility index (Phi) is 3.38. The molecule has 2 aromatic rings. The van der Waals surface area contributed by atoms with Crippen molar-refractivity contribution in [2.75, 3.05) is 0 Å². The van der Waals surface area contributed by atoms with E-state index in [0.29, 0.717) is 16.7 Å². The first kappa shape index (κ1) is 11.9. The molecule has 0 atom stereocenters. The smallest absolute Gasteiger partial charge is 0.220 e. The Labute approximate surface area is 103 Å². The summed E-state index contributed by atoms with van der Waals surface area (Å²) < 4.78 is 0. The summed E-state index contributed by atoms with van der Waals surface area (Å²) in [6.45, 7) is 0. The minimum atomic E-state index is -0.434. The Balaban J connectivity index is 2.63. The van der Waals surface area contributed by atoms with E-state index < -0.39 is 5.43 Å². The highest BCUT2D eigenvalue weighted by Gasteiger charge is 2.05. The third-order valence-electron chi connectivity index (χ3n) is 2.51. The number of benzene rings is 1. The predicted molar refractivity (Wildman–Crippen MR) is 69.2 cm³/mol. The Morgan fingerprint density at radius 1 is 1.06 bits per heavy atom. The van der Waals surface area contributed by atoms with Gasteiger partial charge < -0.3 is 10.3 Å². The van der Waals surface area contributed by atoms with Crippen molar-refractivity contribution in [1.82, 2.24) is 0 Å². The number of aromatic hydroxyl groups is 1. The topological polar surface area (TPSA) is 69.9 Å². The molecule has 0 bridgehead atoms. The molecule has 0 heterocycles. The molecule has 0 amide bonds. The normalized spacial score (nSPS) is 10.7. The molecular formula is C14H11NO3. The summed E-state index contributed by atoms with van der Waals surface area (Å²) >= 11 is 0. The van der Waals surface area contributed by atoms with Crippen LogP contribution in [0.15, 0.2) is 58.5 Å². The van der Waals surface area contributed by atoms with Gasteiger partial charge in [-0.1, -0.05) is 41.6 Å². The van der Waals surface area contributed by atoms with Crippen molar-refractivity contribution in [2.45, 2.75) is 0 Å². The van der Waals surface area contributed by atoms with Gasteiger partial charge in [0.2, 0.25) is 5.43 Å². The maximum Gasteiger partial charge on any atom is 0.220 e. The molecule has 0 aliphatic heterocycles.